The number of carboxylic acids is 2. The minimum atomic E-state index is -1.97. The SMILES string of the molecule is O=C(O)C1(C(=O)O)C=c2ccccc2=C(c2cccc3ccccc23)C1. The van der Waals surface area contributed by atoms with Crippen LogP contribution in [0.3, 0.4) is 0 Å². The summed E-state index contributed by atoms with van der Waals surface area (Å²) in [7, 11) is 0. The Morgan fingerprint density at radius 3 is 2.23 bits per heavy atom. The van der Waals surface area contributed by atoms with E-state index in [4.69, 9.17) is 0 Å². The highest BCUT2D eigenvalue weighted by molar-refractivity contribution is 6.08. The van der Waals surface area contributed by atoms with Crippen molar-refractivity contribution in [3.63, 3.8) is 0 Å². The van der Waals surface area contributed by atoms with E-state index < -0.39 is 17.4 Å². The van der Waals surface area contributed by atoms with Crippen molar-refractivity contribution in [3.8, 4) is 0 Å². The standard InChI is InChI=1S/C22H16O4/c23-20(24)22(21(25)26)12-15-7-2-4-10-17(15)19(13-22)18-11-5-8-14-6-1-3-9-16(14)18/h1-12H,13H2,(H,23,24)(H,25,26). The lowest BCUT2D eigenvalue weighted by Crippen LogP contribution is -2.45. The average Bonchev–Trinajstić information content (AvgIpc) is 2.66. The van der Waals surface area contributed by atoms with Crippen molar-refractivity contribution in [2.24, 2.45) is 5.41 Å². The van der Waals surface area contributed by atoms with Gasteiger partial charge in [-0.1, -0.05) is 66.7 Å². The summed E-state index contributed by atoms with van der Waals surface area (Å²) in [5.41, 5.74) is -0.360. The van der Waals surface area contributed by atoms with E-state index in [1.165, 1.54) is 6.08 Å². The van der Waals surface area contributed by atoms with Crippen LogP contribution >= 0.6 is 0 Å². The highest BCUT2D eigenvalue weighted by Crippen LogP contribution is 2.36. The molecule has 4 rings (SSSR count). The first-order chi connectivity index (χ1) is 12.5. The highest BCUT2D eigenvalue weighted by Gasteiger charge is 2.46. The number of aliphatic carboxylic acids is 2. The largest absolute Gasteiger partial charge is 0.480 e. The molecule has 2 N–H and O–H groups in total. The van der Waals surface area contributed by atoms with E-state index in [1.807, 2.05) is 54.6 Å². The van der Waals surface area contributed by atoms with Crippen LogP contribution in [0.5, 0.6) is 0 Å². The molecule has 4 heteroatoms. The van der Waals surface area contributed by atoms with Crippen molar-refractivity contribution in [3.05, 3.63) is 82.7 Å². The fourth-order valence-corrected chi connectivity index (χ4v) is 3.68. The van der Waals surface area contributed by atoms with Crippen LogP contribution in [0.2, 0.25) is 0 Å². The lowest BCUT2D eigenvalue weighted by Gasteiger charge is -2.27. The Morgan fingerprint density at radius 1 is 0.808 bits per heavy atom. The summed E-state index contributed by atoms with van der Waals surface area (Å²) in [5.74, 6) is -2.70. The zero-order valence-electron chi connectivity index (χ0n) is 13.8. The minimum Gasteiger partial charge on any atom is -0.480 e. The van der Waals surface area contributed by atoms with Gasteiger partial charge in [0.05, 0.1) is 0 Å². The number of hydrogen-bond donors (Lipinski definition) is 2. The van der Waals surface area contributed by atoms with E-state index in [0.29, 0.717) is 5.22 Å². The molecule has 0 aromatic heterocycles. The molecule has 1 aliphatic rings. The van der Waals surface area contributed by atoms with Crippen molar-refractivity contribution in [1.82, 2.24) is 0 Å². The Labute approximate surface area is 149 Å². The number of carbonyl (C=O) groups is 2. The molecule has 0 radical (unpaired) electrons. The highest BCUT2D eigenvalue weighted by atomic mass is 16.4. The quantitative estimate of drug-likeness (QED) is 0.716. The fraction of sp³-hybridized carbons (Fsp3) is 0.0909. The predicted molar refractivity (Wildman–Crippen MR) is 98.9 cm³/mol. The zero-order chi connectivity index (χ0) is 18.3. The summed E-state index contributed by atoms with van der Waals surface area (Å²) in [6, 6.07) is 21.0. The Morgan fingerprint density at radius 2 is 1.46 bits per heavy atom. The van der Waals surface area contributed by atoms with Crippen molar-refractivity contribution >= 4 is 34.4 Å². The predicted octanol–water partition coefficient (Wildman–Crippen LogP) is 2.38. The molecule has 4 nitrogen and oxygen atoms in total. The molecule has 0 spiro atoms. The third-order valence-electron chi connectivity index (χ3n) is 5.02. The van der Waals surface area contributed by atoms with Crippen molar-refractivity contribution in [2.45, 2.75) is 6.42 Å². The first-order valence-electron chi connectivity index (χ1n) is 8.29. The normalized spacial score (nSPS) is 15.2. The Bertz CT molecular complexity index is 1150. The van der Waals surface area contributed by atoms with Crippen LogP contribution in [0.4, 0.5) is 0 Å². The summed E-state index contributed by atoms with van der Waals surface area (Å²) in [4.78, 5) is 23.9. The molecule has 26 heavy (non-hydrogen) atoms. The van der Waals surface area contributed by atoms with Gasteiger partial charge in [-0.25, -0.2) is 0 Å². The summed E-state index contributed by atoms with van der Waals surface area (Å²) in [5, 5.41) is 23.0. The smallest absolute Gasteiger partial charge is 0.325 e. The van der Waals surface area contributed by atoms with Gasteiger partial charge in [0.25, 0.3) is 0 Å². The molecule has 0 saturated heterocycles. The Hall–Kier alpha value is -3.40. The number of rotatable bonds is 3. The van der Waals surface area contributed by atoms with E-state index in [9.17, 15) is 19.8 Å². The summed E-state index contributed by atoms with van der Waals surface area (Å²) >= 11 is 0. The Balaban J connectivity index is 2.12. The van der Waals surface area contributed by atoms with Crippen LogP contribution in [-0.4, -0.2) is 22.2 Å². The molecule has 0 amide bonds. The molecular formula is C22H16O4. The zero-order valence-corrected chi connectivity index (χ0v) is 13.8. The lowest BCUT2D eigenvalue weighted by molar-refractivity contribution is -0.159. The third-order valence-corrected chi connectivity index (χ3v) is 5.02. The van der Waals surface area contributed by atoms with Gasteiger partial charge in [-0.05, 0) is 38.4 Å². The molecule has 0 unspecified atom stereocenters. The van der Waals surface area contributed by atoms with Gasteiger partial charge in [0.1, 0.15) is 0 Å². The molecule has 1 aliphatic carbocycles. The van der Waals surface area contributed by atoms with Crippen molar-refractivity contribution in [1.29, 1.82) is 0 Å². The van der Waals surface area contributed by atoms with Crippen LogP contribution in [0, 0.1) is 5.41 Å². The number of benzene rings is 3. The maximum atomic E-state index is 11.9. The van der Waals surface area contributed by atoms with Gasteiger partial charge in [0.15, 0.2) is 5.41 Å². The van der Waals surface area contributed by atoms with Crippen LogP contribution in [0.25, 0.3) is 22.4 Å². The minimum absolute atomic E-state index is 0.0946. The van der Waals surface area contributed by atoms with E-state index in [-0.39, 0.29) is 6.42 Å². The summed E-state index contributed by atoms with van der Waals surface area (Å²) in [6.45, 7) is 0. The van der Waals surface area contributed by atoms with Gasteiger partial charge < -0.3 is 10.2 Å². The molecule has 0 fully saturated rings. The maximum Gasteiger partial charge on any atom is 0.325 e. The van der Waals surface area contributed by atoms with Crippen LogP contribution in [-0.2, 0) is 9.59 Å². The van der Waals surface area contributed by atoms with Gasteiger partial charge in [0, 0.05) is 6.42 Å². The van der Waals surface area contributed by atoms with Gasteiger partial charge >= 0.3 is 11.9 Å². The van der Waals surface area contributed by atoms with E-state index >= 15 is 0 Å². The molecule has 0 atom stereocenters. The van der Waals surface area contributed by atoms with Crippen molar-refractivity contribution in [2.75, 3.05) is 0 Å². The number of fused-ring (bicyclic) bond motifs is 2. The fourth-order valence-electron chi connectivity index (χ4n) is 3.68. The first kappa shape index (κ1) is 16.1. The lowest BCUT2D eigenvalue weighted by atomic mass is 9.74. The molecule has 0 heterocycles. The first-order valence-corrected chi connectivity index (χ1v) is 8.29. The van der Waals surface area contributed by atoms with E-state index in [0.717, 1.165) is 27.1 Å². The molecule has 0 aliphatic heterocycles. The molecule has 128 valence electrons. The topological polar surface area (TPSA) is 74.6 Å². The van der Waals surface area contributed by atoms with Gasteiger partial charge in [-0.15, -0.1) is 0 Å². The van der Waals surface area contributed by atoms with E-state index in [2.05, 4.69) is 0 Å². The number of carboxylic acid groups (broad SMARTS) is 2. The maximum absolute atomic E-state index is 11.9. The second-order valence-corrected chi connectivity index (χ2v) is 6.50. The molecule has 0 bridgehead atoms. The van der Waals surface area contributed by atoms with Gasteiger partial charge in [-0.2, -0.15) is 0 Å². The van der Waals surface area contributed by atoms with Gasteiger partial charge in [0.2, 0.25) is 0 Å². The van der Waals surface area contributed by atoms with Crippen LogP contribution in [0.15, 0.2) is 66.7 Å². The molecule has 3 aromatic carbocycles. The molecule has 0 saturated carbocycles. The number of hydrogen-bond acceptors (Lipinski definition) is 2. The monoisotopic (exact) mass is 344 g/mol. The summed E-state index contributed by atoms with van der Waals surface area (Å²) in [6.07, 6.45) is 1.27. The van der Waals surface area contributed by atoms with Crippen molar-refractivity contribution < 1.29 is 19.8 Å². The third kappa shape index (κ3) is 2.30. The molecular weight excluding hydrogens is 328 g/mol. The molecule has 3 aromatic rings. The van der Waals surface area contributed by atoms with Crippen LogP contribution in [0.1, 0.15) is 12.0 Å². The average molecular weight is 344 g/mol. The van der Waals surface area contributed by atoms with Crippen LogP contribution < -0.4 is 10.4 Å². The second-order valence-electron chi connectivity index (χ2n) is 6.50. The van der Waals surface area contributed by atoms with E-state index in [1.54, 1.807) is 12.1 Å². The Kier molecular flexibility index (Phi) is 3.62. The van der Waals surface area contributed by atoms with Gasteiger partial charge in [-0.3, -0.25) is 9.59 Å². The summed E-state index contributed by atoms with van der Waals surface area (Å²) < 4.78 is 0. The second kappa shape index (κ2) is 5.85.